The summed E-state index contributed by atoms with van der Waals surface area (Å²) in [5, 5.41) is 7.33. The summed E-state index contributed by atoms with van der Waals surface area (Å²) in [7, 11) is 1.67. The van der Waals surface area contributed by atoms with Gasteiger partial charge in [-0.15, -0.1) is 11.8 Å². The molecule has 0 spiro atoms. The number of nitrogens with zero attached hydrogens (tertiary/aromatic N) is 2. The van der Waals surface area contributed by atoms with Crippen molar-refractivity contribution in [2.75, 3.05) is 7.11 Å². The van der Waals surface area contributed by atoms with Crippen LogP contribution in [0.25, 0.3) is 5.69 Å². The van der Waals surface area contributed by atoms with Crippen LogP contribution in [-0.2, 0) is 11.5 Å². The Bertz CT molecular complexity index is 930. The summed E-state index contributed by atoms with van der Waals surface area (Å²) in [6.07, 6.45) is 0. The second-order valence-electron chi connectivity index (χ2n) is 5.87. The molecule has 0 aliphatic rings. The normalized spacial score (nSPS) is 10.8. The number of methoxy groups -OCH3 is 1. The van der Waals surface area contributed by atoms with Gasteiger partial charge >= 0.3 is 0 Å². The molecule has 0 saturated carbocycles. The van der Waals surface area contributed by atoms with Crippen LogP contribution in [0.1, 0.15) is 22.5 Å². The summed E-state index contributed by atoms with van der Waals surface area (Å²) >= 11 is 7.27. The van der Waals surface area contributed by atoms with E-state index in [0.717, 1.165) is 34.3 Å². The Morgan fingerprint density at radius 3 is 2.72 bits per heavy atom. The highest BCUT2D eigenvalue weighted by Gasteiger charge is 2.13. The lowest BCUT2D eigenvalue weighted by atomic mass is 10.1. The summed E-state index contributed by atoms with van der Waals surface area (Å²) in [6.45, 7) is 4.20. The van der Waals surface area contributed by atoms with E-state index in [2.05, 4.69) is 54.4 Å². The van der Waals surface area contributed by atoms with Crippen LogP contribution in [0.4, 0.5) is 0 Å². The summed E-state index contributed by atoms with van der Waals surface area (Å²) < 4.78 is 8.05. The Labute approximate surface area is 157 Å². The van der Waals surface area contributed by atoms with Crippen LogP contribution in [0.3, 0.4) is 0 Å². The van der Waals surface area contributed by atoms with Crippen molar-refractivity contribution in [3.63, 3.8) is 0 Å². The molecule has 0 radical (unpaired) electrons. The van der Waals surface area contributed by atoms with E-state index in [4.69, 9.17) is 17.0 Å². The molecule has 0 saturated heterocycles. The van der Waals surface area contributed by atoms with Crippen molar-refractivity contribution < 1.29 is 4.74 Å². The Morgan fingerprint density at radius 2 is 1.96 bits per heavy atom. The Balaban J connectivity index is 1.84. The summed E-state index contributed by atoms with van der Waals surface area (Å²) in [6, 6.07) is 14.5. The summed E-state index contributed by atoms with van der Waals surface area (Å²) in [5.74, 6) is 3.39. The predicted molar refractivity (Wildman–Crippen MR) is 106 cm³/mol. The highest BCUT2D eigenvalue weighted by Crippen LogP contribution is 2.27. The molecule has 1 aromatic heterocycles. The molecule has 25 heavy (non-hydrogen) atoms. The van der Waals surface area contributed by atoms with Crippen molar-refractivity contribution in [1.29, 1.82) is 0 Å². The number of rotatable bonds is 6. The van der Waals surface area contributed by atoms with Gasteiger partial charge in [0.1, 0.15) is 11.6 Å². The number of hydrogen-bond donors (Lipinski definition) is 1. The van der Waals surface area contributed by atoms with Gasteiger partial charge in [-0.1, -0.05) is 30.3 Å². The number of thioether (sulfide) groups is 1. The van der Waals surface area contributed by atoms with Crippen LogP contribution in [0.2, 0.25) is 0 Å². The fraction of sp³-hybridized carbons (Fsp3) is 0.263. The van der Waals surface area contributed by atoms with E-state index in [1.165, 1.54) is 11.1 Å². The third-order valence-electron chi connectivity index (χ3n) is 4.07. The molecular weight excluding hydrogens is 350 g/mol. The van der Waals surface area contributed by atoms with Gasteiger partial charge in [-0.25, -0.2) is 0 Å². The largest absolute Gasteiger partial charge is 0.495 e. The molecule has 6 heteroatoms. The first kappa shape index (κ1) is 17.8. The average molecular weight is 372 g/mol. The minimum absolute atomic E-state index is 0.579. The molecule has 1 N–H and O–H groups in total. The molecule has 2 aromatic carbocycles. The fourth-order valence-electron chi connectivity index (χ4n) is 2.67. The van der Waals surface area contributed by atoms with Crippen molar-refractivity contribution in [2.45, 2.75) is 25.4 Å². The lowest BCUT2D eigenvalue weighted by molar-refractivity contribution is 0.412. The quantitative estimate of drug-likeness (QED) is 0.620. The summed E-state index contributed by atoms with van der Waals surface area (Å²) in [4.78, 5) is 0. The number of H-pyrrole nitrogens is 1. The molecule has 130 valence electrons. The molecule has 0 unspecified atom stereocenters. The highest BCUT2D eigenvalue weighted by molar-refractivity contribution is 7.97. The zero-order chi connectivity index (χ0) is 17.8. The maximum absolute atomic E-state index is 5.51. The van der Waals surface area contributed by atoms with Crippen LogP contribution in [0.5, 0.6) is 5.75 Å². The van der Waals surface area contributed by atoms with Crippen molar-refractivity contribution in [2.24, 2.45) is 0 Å². The maximum atomic E-state index is 5.51. The fourth-order valence-corrected chi connectivity index (χ4v) is 3.95. The van der Waals surface area contributed by atoms with Crippen molar-refractivity contribution in [3.05, 3.63) is 69.8 Å². The Hall–Kier alpha value is -2.05. The first-order chi connectivity index (χ1) is 12.1. The molecule has 0 atom stereocenters. The van der Waals surface area contributed by atoms with E-state index in [9.17, 15) is 0 Å². The molecule has 3 aromatic rings. The second-order valence-corrected chi connectivity index (χ2v) is 7.25. The Morgan fingerprint density at radius 1 is 1.16 bits per heavy atom. The standard InChI is InChI=1S/C19H21N3OS2/c1-13-8-9-17(23-3)16(10-13)22-18(20-21-19(22)24)12-25-11-15-7-5-4-6-14(15)2/h4-10H,11-12H2,1-3H3,(H,21,24). The summed E-state index contributed by atoms with van der Waals surface area (Å²) in [5.41, 5.74) is 4.74. The van der Waals surface area contributed by atoms with E-state index >= 15 is 0 Å². The van der Waals surface area contributed by atoms with Gasteiger partial charge in [0.25, 0.3) is 0 Å². The number of ether oxygens (including phenoxy) is 1. The number of nitrogens with one attached hydrogen (secondary N) is 1. The Kier molecular flexibility index (Phi) is 5.60. The van der Waals surface area contributed by atoms with Gasteiger partial charge in [-0.05, 0) is 54.9 Å². The van der Waals surface area contributed by atoms with E-state index in [-0.39, 0.29) is 0 Å². The van der Waals surface area contributed by atoms with E-state index in [0.29, 0.717) is 4.77 Å². The lowest BCUT2D eigenvalue weighted by Crippen LogP contribution is -2.03. The number of aromatic nitrogens is 3. The lowest BCUT2D eigenvalue weighted by Gasteiger charge is -2.12. The third kappa shape index (κ3) is 3.96. The second kappa shape index (κ2) is 7.89. The number of benzene rings is 2. The van der Waals surface area contributed by atoms with Crippen LogP contribution in [0.15, 0.2) is 42.5 Å². The van der Waals surface area contributed by atoms with Gasteiger partial charge < -0.3 is 4.74 Å². The zero-order valence-corrected chi connectivity index (χ0v) is 16.2. The SMILES string of the molecule is COc1ccc(C)cc1-n1c(CSCc2ccccc2C)n[nH]c1=S. The molecule has 3 rings (SSSR count). The first-order valence-electron chi connectivity index (χ1n) is 8.03. The third-order valence-corrected chi connectivity index (χ3v) is 5.32. The van der Waals surface area contributed by atoms with Gasteiger partial charge in [0.2, 0.25) is 0 Å². The van der Waals surface area contributed by atoms with Crippen LogP contribution in [-0.4, -0.2) is 21.9 Å². The minimum atomic E-state index is 0.579. The average Bonchev–Trinajstić information content (AvgIpc) is 2.97. The van der Waals surface area contributed by atoms with Gasteiger partial charge in [0.05, 0.1) is 18.6 Å². The van der Waals surface area contributed by atoms with Crippen LogP contribution >= 0.6 is 24.0 Å². The zero-order valence-electron chi connectivity index (χ0n) is 14.6. The smallest absolute Gasteiger partial charge is 0.200 e. The predicted octanol–water partition coefficient (Wildman–Crippen LogP) is 4.99. The van der Waals surface area contributed by atoms with E-state index < -0.39 is 0 Å². The molecule has 0 aliphatic carbocycles. The van der Waals surface area contributed by atoms with E-state index in [1.54, 1.807) is 7.11 Å². The van der Waals surface area contributed by atoms with Crippen molar-refractivity contribution >= 4 is 24.0 Å². The number of aromatic amines is 1. The highest BCUT2D eigenvalue weighted by atomic mass is 32.2. The molecule has 0 bridgehead atoms. The topological polar surface area (TPSA) is 42.8 Å². The van der Waals surface area contributed by atoms with Crippen LogP contribution < -0.4 is 4.74 Å². The molecule has 0 amide bonds. The van der Waals surface area contributed by atoms with Crippen molar-refractivity contribution in [3.8, 4) is 11.4 Å². The maximum Gasteiger partial charge on any atom is 0.200 e. The first-order valence-corrected chi connectivity index (χ1v) is 9.60. The van der Waals surface area contributed by atoms with Gasteiger partial charge in [-0.3, -0.25) is 9.67 Å². The van der Waals surface area contributed by atoms with E-state index in [1.807, 2.05) is 28.5 Å². The van der Waals surface area contributed by atoms with Crippen LogP contribution in [0, 0.1) is 18.6 Å². The van der Waals surface area contributed by atoms with Gasteiger partial charge in [-0.2, -0.15) is 5.10 Å². The van der Waals surface area contributed by atoms with Gasteiger partial charge in [0.15, 0.2) is 4.77 Å². The molecular formula is C19H21N3OS2. The molecule has 1 heterocycles. The monoisotopic (exact) mass is 371 g/mol. The number of aryl methyl sites for hydroxylation is 2. The molecule has 0 fully saturated rings. The minimum Gasteiger partial charge on any atom is -0.495 e. The number of hydrogen-bond acceptors (Lipinski definition) is 4. The van der Waals surface area contributed by atoms with Gasteiger partial charge in [0, 0.05) is 5.75 Å². The molecule has 4 nitrogen and oxygen atoms in total. The molecule has 0 aliphatic heterocycles. The van der Waals surface area contributed by atoms with Crippen molar-refractivity contribution in [1.82, 2.24) is 14.8 Å².